The predicted octanol–water partition coefficient (Wildman–Crippen LogP) is 6.10. The quantitative estimate of drug-likeness (QED) is 0.321. The Kier molecular flexibility index (Phi) is 7.36. The summed E-state index contributed by atoms with van der Waals surface area (Å²) in [5.41, 5.74) is 1.15. The van der Waals surface area contributed by atoms with Crippen LogP contribution < -0.4 is 15.0 Å². The number of hydrogen-bond donors (Lipinski definition) is 0. The summed E-state index contributed by atoms with van der Waals surface area (Å²) in [5.74, 6) is 1.79. The van der Waals surface area contributed by atoms with Crippen molar-refractivity contribution in [3.8, 4) is 11.5 Å². The molecule has 0 saturated heterocycles. The minimum Gasteiger partial charge on any atom is -0.493 e. The Morgan fingerprint density at radius 2 is 1.90 bits per heavy atom. The fourth-order valence-corrected chi connectivity index (χ4v) is 4.28. The Morgan fingerprint density at radius 1 is 1.17 bits per heavy atom. The van der Waals surface area contributed by atoms with Crippen LogP contribution in [0.4, 0.5) is 0 Å². The van der Waals surface area contributed by atoms with Crippen LogP contribution in [0.1, 0.15) is 37.6 Å². The lowest BCUT2D eigenvalue weighted by Gasteiger charge is -2.15. The van der Waals surface area contributed by atoms with Crippen molar-refractivity contribution in [2.45, 2.75) is 26.2 Å². The van der Waals surface area contributed by atoms with Gasteiger partial charge in [0.2, 0.25) is 0 Å². The Morgan fingerprint density at radius 3 is 2.53 bits per heavy atom. The van der Waals surface area contributed by atoms with Crippen LogP contribution in [0.15, 0.2) is 47.6 Å². The maximum Gasteiger partial charge on any atom is 0.282 e. The highest BCUT2D eigenvalue weighted by molar-refractivity contribution is 9.13. The van der Waals surface area contributed by atoms with Crippen LogP contribution in [0.5, 0.6) is 11.5 Å². The summed E-state index contributed by atoms with van der Waals surface area (Å²) in [5, 5.41) is 5.01. The second-order valence-electron chi connectivity index (χ2n) is 6.63. The average Bonchev–Trinajstić information content (AvgIpc) is 2.75. The molecule has 0 unspecified atom stereocenters. The standard InChI is InChI=1S/C21H20Br3N3O3/c1-5-11(2)20-26-15-7-6-13(22)9-14(15)21(28)27(20)25-10-12-8-16(29-3)19(30-4)18(24)17(12)23/h6-11H,5H2,1-4H3/t11-/m1/s1. The molecular formula is C21H20Br3N3O3. The summed E-state index contributed by atoms with van der Waals surface area (Å²) in [6, 6.07) is 7.26. The van der Waals surface area contributed by atoms with Crippen molar-refractivity contribution >= 4 is 64.9 Å². The van der Waals surface area contributed by atoms with Gasteiger partial charge in [-0.3, -0.25) is 4.79 Å². The highest BCUT2D eigenvalue weighted by Gasteiger charge is 2.18. The zero-order chi connectivity index (χ0) is 22.0. The van der Waals surface area contributed by atoms with E-state index in [1.54, 1.807) is 32.6 Å². The first-order valence-corrected chi connectivity index (χ1v) is 11.6. The van der Waals surface area contributed by atoms with Crippen molar-refractivity contribution in [1.29, 1.82) is 0 Å². The summed E-state index contributed by atoms with van der Waals surface area (Å²) >= 11 is 10.5. The third kappa shape index (κ3) is 4.33. The van der Waals surface area contributed by atoms with Gasteiger partial charge in [-0.05, 0) is 62.5 Å². The van der Waals surface area contributed by atoms with Gasteiger partial charge < -0.3 is 9.47 Å². The molecule has 1 heterocycles. The molecule has 0 radical (unpaired) electrons. The Hall–Kier alpha value is -1.71. The van der Waals surface area contributed by atoms with E-state index >= 15 is 0 Å². The van der Waals surface area contributed by atoms with Gasteiger partial charge in [0.1, 0.15) is 5.82 Å². The van der Waals surface area contributed by atoms with E-state index in [1.165, 1.54) is 4.68 Å². The smallest absolute Gasteiger partial charge is 0.282 e. The Labute approximate surface area is 199 Å². The lowest BCUT2D eigenvalue weighted by atomic mass is 10.1. The summed E-state index contributed by atoms with van der Waals surface area (Å²) < 4.78 is 14.4. The second kappa shape index (κ2) is 9.62. The number of halogens is 3. The van der Waals surface area contributed by atoms with Crippen molar-refractivity contribution in [1.82, 2.24) is 9.66 Å². The highest BCUT2D eigenvalue weighted by Crippen LogP contribution is 2.42. The van der Waals surface area contributed by atoms with E-state index in [1.807, 2.05) is 19.1 Å². The predicted molar refractivity (Wildman–Crippen MR) is 130 cm³/mol. The average molecular weight is 602 g/mol. The van der Waals surface area contributed by atoms with E-state index in [0.29, 0.717) is 32.7 Å². The van der Waals surface area contributed by atoms with Crippen LogP contribution >= 0.6 is 47.8 Å². The molecule has 3 rings (SSSR count). The van der Waals surface area contributed by atoms with Crippen molar-refractivity contribution in [2.75, 3.05) is 14.2 Å². The molecule has 30 heavy (non-hydrogen) atoms. The molecule has 0 fully saturated rings. The first-order chi connectivity index (χ1) is 14.3. The van der Waals surface area contributed by atoms with Gasteiger partial charge in [0.05, 0.1) is 35.8 Å². The summed E-state index contributed by atoms with van der Waals surface area (Å²) in [7, 11) is 3.13. The molecule has 1 atom stereocenters. The minimum atomic E-state index is -0.219. The molecule has 0 N–H and O–H groups in total. The van der Waals surface area contributed by atoms with Gasteiger partial charge in [-0.25, -0.2) is 4.98 Å². The maximum absolute atomic E-state index is 13.2. The molecule has 3 aromatic rings. The summed E-state index contributed by atoms with van der Waals surface area (Å²) in [6.07, 6.45) is 2.44. The van der Waals surface area contributed by atoms with Crippen molar-refractivity contribution in [3.05, 3.63) is 59.4 Å². The molecule has 158 valence electrons. The number of benzene rings is 2. The number of hydrogen-bond acceptors (Lipinski definition) is 5. The lowest BCUT2D eigenvalue weighted by Crippen LogP contribution is -2.23. The molecule has 6 nitrogen and oxygen atoms in total. The summed E-state index contributed by atoms with van der Waals surface area (Å²) in [6.45, 7) is 4.08. The zero-order valence-corrected chi connectivity index (χ0v) is 21.6. The monoisotopic (exact) mass is 599 g/mol. The molecule has 2 aromatic carbocycles. The van der Waals surface area contributed by atoms with Crippen LogP contribution in [0.3, 0.4) is 0 Å². The van der Waals surface area contributed by atoms with Gasteiger partial charge in [0, 0.05) is 20.4 Å². The van der Waals surface area contributed by atoms with Gasteiger partial charge in [-0.1, -0.05) is 29.8 Å². The fourth-order valence-electron chi connectivity index (χ4n) is 2.94. The van der Waals surface area contributed by atoms with Crippen LogP contribution in [0, 0.1) is 0 Å². The van der Waals surface area contributed by atoms with Crippen LogP contribution in [-0.4, -0.2) is 30.1 Å². The first-order valence-electron chi connectivity index (χ1n) is 9.18. The van der Waals surface area contributed by atoms with E-state index in [-0.39, 0.29) is 11.5 Å². The van der Waals surface area contributed by atoms with Gasteiger partial charge in [-0.15, -0.1) is 0 Å². The molecule has 0 aliphatic carbocycles. The van der Waals surface area contributed by atoms with E-state index in [2.05, 4.69) is 59.8 Å². The number of rotatable bonds is 6. The number of ether oxygens (including phenoxy) is 2. The minimum absolute atomic E-state index is 0.0588. The molecule has 0 aliphatic rings. The van der Waals surface area contributed by atoms with E-state index < -0.39 is 0 Å². The highest BCUT2D eigenvalue weighted by atomic mass is 79.9. The van der Waals surface area contributed by atoms with Crippen LogP contribution in [0.25, 0.3) is 10.9 Å². The van der Waals surface area contributed by atoms with Gasteiger partial charge in [0.25, 0.3) is 5.56 Å². The third-order valence-corrected chi connectivity index (χ3v) is 7.42. The van der Waals surface area contributed by atoms with Crippen LogP contribution in [0.2, 0.25) is 0 Å². The van der Waals surface area contributed by atoms with Gasteiger partial charge in [0.15, 0.2) is 11.5 Å². The third-order valence-electron chi connectivity index (χ3n) is 4.78. The van der Waals surface area contributed by atoms with Crippen LogP contribution in [-0.2, 0) is 0 Å². The molecule has 0 bridgehead atoms. The topological polar surface area (TPSA) is 65.7 Å². The SMILES string of the molecule is CC[C@@H](C)c1nc2ccc(Br)cc2c(=O)n1N=Cc1cc(OC)c(OC)c(Br)c1Br. The number of methoxy groups -OCH3 is 2. The van der Waals surface area contributed by atoms with Gasteiger partial charge >= 0.3 is 0 Å². The zero-order valence-electron chi connectivity index (χ0n) is 16.9. The Bertz CT molecular complexity index is 1190. The van der Waals surface area contributed by atoms with E-state index in [4.69, 9.17) is 14.5 Å². The molecule has 0 spiro atoms. The molecule has 0 aliphatic heterocycles. The Balaban J connectivity index is 2.22. The lowest BCUT2D eigenvalue weighted by molar-refractivity contribution is 0.353. The van der Waals surface area contributed by atoms with Crippen molar-refractivity contribution < 1.29 is 9.47 Å². The van der Waals surface area contributed by atoms with Crippen molar-refractivity contribution in [2.24, 2.45) is 5.10 Å². The molecular weight excluding hydrogens is 582 g/mol. The van der Waals surface area contributed by atoms with Gasteiger partial charge in [-0.2, -0.15) is 9.78 Å². The second-order valence-corrected chi connectivity index (χ2v) is 9.13. The fraction of sp³-hybridized carbons (Fsp3) is 0.286. The summed E-state index contributed by atoms with van der Waals surface area (Å²) in [4.78, 5) is 18.0. The number of nitrogens with zero attached hydrogens (tertiary/aromatic N) is 3. The molecule has 1 aromatic heterocycles. The van der Waals surface area contributed by atoms with E-state index in [9.17, 15) is 4.79 Å². The van der Waals surface area contributed by atoms with Crippen molar-refractivity contribution in [3.63, 3.8) is 0 Å². The molecule has 9 heteroatoms. The molecule has 0 amide bonds. The molecule has 0 saturated carbocycles. The maximum atomic E-state index is 13.2. The number of fused-ring (bicyclic) bond motifs is 1. The normalized spacial score (nSPS) is 12.5. The van der Waals surface area contributed by atoms with E-state index in [0.717, 1.165) is 20.9 Å². The number of aromatic nitrogens is 2. The largest absolute Gasteiger partial charge is 0.493 e. The first kappa shape index (κ1) is 23.0.